The van der Waals surface area contributed by atoms with Crippen molar-refractivity contribution >= 4 is 25.6 Å². The molecule has 20 heavy (non-hydrogen) atoms. The van der Waals surface area contributed by atoms with Crippen molar-refractivity contribution in [2.24, 2.45) is 5.41 Å². The quantitative estimate of drug-likeness (QED) is 0.860. The third-order valence-corrected chi connectivity index (χ3v) is 4.04. The van der Waals surface area contributed by atoms with Crippen molar-refractivity contribution in [1.29, 1.82) is 0 Å². The van der Waals surface area contributed by atoms with Crippen molar-refractivity contribution < 1.29 is 13.2 Å². The molecule has 1 N–H and O–H groups in total. The lowest BCUT2D eigenvalue weighted by Gasteiger charge is -2.26. The number of aryl methyl sites for hydroxylation is 1. The highest BCUT2D eigenvalue weighted by Crippen LogP contribution is 2.24. The van der Waals surface area contributed by atoms with E-state index in [4.69, 9.17) is 10.7 Å². The van der Waals surface area contributed by atoms with Gasteiger partial charge in [-0.05, 0) is 11.8 Å². The normalized spacial score (nSPS) is 12.5. The molecule has 114 valence electrons. The highest BCUT2D eigenvalue weighted by Gasteiger charge is 2.30. The van der Waals surface area contributed by atoms with Gasteiger partial charge in [-0.1, -0.05) is 27.7 Å². The summed E-state index contributed by atoms with van der Waals surface area (Å²) in [7, 11) is 3.00. The Morgan fingerprint density at radius 3 is 2.35 bits per heavy atom. The highest BCUT2D eigenvalue weighted by atomic mass is 35.7. The molecule has 0 spiro atoms. The molecule has 1 amide bonds. The van der Waals surface area contributed by atoms with Crippen LogP contribution in [0.4, 0.5) is 0 Å². The number of nitrogens with zero attached hydrogens (tertiary/aromatic N) is 2. The zero-order valence-corrected chi connectivity index (χ0v) is 13.9. The molecule has 0 unspecified atom stereocenters. The van der Waals surface area contributed by atoms with Crippen molar-refractivity contribution in [3.63, 3.8) is 0 Å². The van der Waals surface area contributed by atoms with Crippen LogP contribution in [0.5, 0.6) is 0 Å². The van der Waals surface area contributed by atoms with Crippen LogP contribution >= 0.6 is 10.7 Å². The van der Waals surface area contributed by atoms with Crippen LogP contribution in [0, 0.1) is 5.41 Å². The van der Waals surface area contributed by atoms with Gasteiger partial charge in [-0.25, -0.2) is 8.42 Å². The second-order valence-corrected chi connectivity index (χ2v) is 8.40. The summed E-state index contributed by atoms with van der Waals surface area (Å²) in [6.45, 7) is 8.18. The van der Waals surface area contributed by atoms with E-state index in [9.17, 15) is 13.2 Å². The van der Waals surface area contributed by atoms with Crippen molar-refractivity contribution in [1.82, 2.24) is 15.1 Å². The molecule has 0 aromatic carbocycles. The zero-order chi connectivity index (χ0) is 15.7. The van der Waals surface area contributed by atoms with E-state index in [1.54, 1.807) is 14.0 Å². The minimum Gasteiger partial charge on any atom is -0.340 e. The maximum Gasteiger partial charge on any atom is 0.275 e. The Balaban J connectivity index is 3.21. The van der Waals surface area contributed by atoms with Gasteiger partial charge in [0.15, 0.2) is 5.69 Å². The first-order chi connectivity index (χ1) is 8.97. The van der Waals surface area contributed by atoms with Crippen LogP contribution in [0.1, 0.15) is 43.9 Å². The maximum absolute atomic E-state index is 12.3. The van der Waals surface area contributed by atoms with Gasteiger partial charge < -0.3 is 4.90 Å². The fourth-order valence-corrected chi connectivity index (χ4v) is 3.33. The predicted octanol–water partition coefficient (Wildman–Crippen LogP) is 2.02. The number of hydrogen-bond donors (Lipinski definition) is 1. The Morgan fingerprint density at radius 1 is 1.40 bits per heavy atom. The topological polar surface area (TPSA) is 83.1 Å². The Labute approximate surface area is 123 Å². The molecule has 0 saturated heterocycles. The molecule has 1 aromatic rings. The number of rotatable bonds is 4. The molecular formula is C12H20ClN3O3S. The maximum atomic E-state index is 12.3. The van der Waals surface area contributed by atoms with Crippen LogP contribution in [0.2, 0.25) is 0 Å². The molecule has 0 saturated carbocycles. The predicted molar refractivity (Wildman–Crippen MR) is 77.4 cm³/mol. The molecule has 6 nitrogen and oxygen atoms in total. The van der Waals surface area contributed by atoms with Crippen LogP contribution in [0.15, 0.2) is 4.90 Å². The first-order valence-corrected chi connectivity index (χ1v) is 8.55. The summed E-state index contributed by atoms with van der Waals surface area (Å²) in [6.07, 6.45) is 0.393. The number of carbonyl (C=O) groups is 1. The monoisotopic (exact) mass is 321 g/mol. The lowest BCUT2D eigenvalue weighted by Crippen LogP contribution is -2.35. The highest BCUT2D eigenvalue weighted by molar-refractivity contribution is 8.13. The van der Waals surface area contributed by atoms with E-state index < -0.39 is 15.0 Å². The molecule has 0 radical (unpaired) electrons. The number of hydrogen-bond acceptors (Lipinski definition) is 4. The van der Waals surface area contributed by atoms with Gasteiger partial charge in [-0.3, -0.25) is 9.89 Å². The van der Waals surface area contributed by atoms with E-state index in [-0.39, 0.29) is 16.0 Å². The summed E-state index contributed by atoms with van der Waals surface area (Å²) in [4.78, 5) is 13.6. The van der Waals surface area contributed by atoms with Gasteiger partial charge in [0.05, 0.1) is 5.69 Å². The lowest BCUT2D eigenvalue weighted by molar-refractivity contribution is 0.0736. The summed E-state index contributed by atoms with van der Waals surface area (Å²) in [5.74, 6) is -0.463. The van der Waals surface area contributed by atoms with Crippen LogP contribution in [0.3, 0.4) is 0 Å². The Kier molecular flexibility index (Phi) is 4.86. The zero-order valence-electron chi connectivity index (χ0n) is 12.3. The van der Waals surface area contributed by atoms with Gasteiger partial charge in [0, 0.05) is 24.3 Å². The number of amides is 1. The molecule has 0 bridgehead atoms. The first kappa shape index (κ1) is 17.0. The van der Waals surface area contributed by atoms with Crippen molar-refractivity contribution in [3.05, 3.63) is 11.4 Å². The van der Waals surface area contributed by atoms with E-state index in [2.05, 4.69) is 10.2 Å². The van der Waals surface area contributed by atoms with E-state index in [0.717, 1.165) is 0 Å². The molecule has 1 heterocycles. The Morgan fingerprint density at radius 2 is 1.95 bits per heavy atom. The standard InChI is InChI=1S/C12H20ClN3O3S/c1-6-8-10(20(13,18)19)9(15-14-8)11(17)16(5)7-12(2,3)4/h6-7H2,1-5H3,(H,14,15). The fraction of sp³-hybridized carbons (Fsp3) is 0.667. The van der Waals surface area contributed by atoms with Gasteiger partial charge >= 0.3 is 0 Å². The van der Waals surface area contributed by atoms with E-state index in [1.807, 2.05) is 20.8 Å². The second-order valence-electron chi connectivity index (χ2n) is 5.89. The van der Waals surface area contributed by atoms with E-state index in [0.29, 0.717) is 18.7 Å². The Hall–Kier alpha value is -1.08. The van der Waals surface area contributed by atoms with Crippen molar-refractivity contribution in [3.8, 4) is 0 Å². The van der Waals surface area contributed by atoms with E-state index >= 15 is 0 Å². The minimum absolute atomic E-state index is 0.103. The third-order valence-electron chi connectivity index (χ3n) is 2.65. The number of aromatic nitrogens is 2. The molecule has 0 aliphatic heterocycles. The lowest BCUT2D eigenvalue weighted by atomic mass is 9.96. The van der Waals surface area contributed by atoms with Gasteiger partial charge in [0.25, 0.3) is 15.0 Å². The molecule has 8 heteroatoms. The molecule has 0 fully saturated rings. The number of nitrogens with one attached hydrogen (secondary N) is 1. The SMILES string of the molecule is CCc1[nH]nc(C(=O)N(C)CC(C)(C)C)c1S(=O)(=O)Cl. The largest absolute Gasteiger partial charge is 0.340 e. The summed E-state index contributed by atoms with van der Waals surface area (Å²) < 4.78 is 23.3. The summed E-state index contributed by atoms with van der Waals surface area (Å²) in [5, 5.41) is 6.39. The Bertz CT molecular complexity index is 602. The fourth-order valence-electron chi connectivity index (χ4n) is 1.98. The van der Waals surface area contributed by atoms with Crippen LogP contribution in [-0.2, 0) is 15.5 Å². The van der Waals surface area contributed by atoms with Gasteiger partial charge in [-0.15, -0.1) is 0 Å². The van der Waals surface area contributed by atoms with Gasteiger partial charge in [-0.2, -0.15) is 5.10 Å². The number of aromatic amines is 1. The van der Waals surface area contributed by atoms with Gasteiger partial charge in [0.1, 0.15) is 4.90 Å². The molecule has 0 aliphatic rings. The van der Waals surface area contributed by atoms with Crippen molar-refractivity contribution in [2.75, 3.05) is 13.6 Å². The average molecular weight is 322 g/mol. The van der Waals surface area contributed by atoms with Crippen LogP contribution in [-0.4, -0.2) is 43.0 Å². The molecule has 0 atom stereocenters. The average Bonchev–Trinajstić information content (AvgIpc) is 2.68. The third kappa shape index (κ3) is 3.96. The molecule has 1 rings (SSSR count). The summed E-state index contributed by atoms with van der Waals surface area (Å²) >= 11 is 0. The minimum atomic E-state index is -4.02. The summed E-state index contributed by atoms with van der Waals surface area (Å²) in [6, 6.07) is 0. The van der Waals surface area contributed by atoms with Crippen LogP contribution in [0.25, 0.3) is 0 Å². The number of H-pyrrole nitrogens is 1. The second kappa shape index (κ2) is 5.73. The number of carbonyl (C=O) groups excluding carboxylic acids is 1. The number of halogens is 1. The first-order valence-electron chi connectivity index (χ1n) is 6.24. The molecule has 1 aromatic heterocycles. The van der Waals surface area contributed by atoms with E-state index in [1.165, 1.54) is 4.90 Å². The summed E-state index contributed by atoms with van der Waals surface area (Å²) in [5.41, 5.74) is 0.0880. The van der Waals surface area contributed by atoms with Crippen LogP contribution < -0.4 is 0 Å². The van der Waals surface area contributed by atoms with Gasteiger partial charge in [0.2, 0.25) is 0 Å². The smallest absolute Gasteiger partial charge is 0.275 e. The molecule has 0 aliphatic carbocycles. The molecular weight excluding hydrogens is 302 g/mol. The van der Waals surface area contributed by atoms with Crippen molar-refractivity contribution in [2.45, 2.75) is 39.0 Å².